The quantitative estimate of drug-likeness (QED) is 0.830. The molecule has 1 aromatic carbocycles. The van der Waals surface area contributed by atoms with Gasteiger partial charge in [-0.3, -0.25) is 9.40 Å². The number of anilines is 1. The molecule has 0 aliphatic carbocycles. The van der Waals surface area contributed by atoms with Crippen LogP contribution in [0.1, 0.15) is 31.1 Å². The van der Waals surface area contributed by atoms with E-state index < -0.39 is 21.6 Å². The third-order valence-corrected chi connectivity index (χ3v) is 5.23. The number of rotatable bonds is 4. The van der Waals surface area contributed by atoms with Crippen LogP contribution in [0.5, 0.6) is 0 Å². The van der Waals surface area contributed by atoms with E-state index in [0.717, 1.165) is 12.1 Å². The number of benzene rings is 1. The average molecular weight is 392 g/mol. The van der Waals surface area contributed by atoms with Crippen molar-refractivity contribution in [1.82, 2.24) is 9.78 Å². The van der Waals surface area contributed by atoms with Gasteiger partial charge in [0.25, 0.3) is 10.0 Å². The van der Waals surface area contributed by atoms with Crippen LogP contribution in [0.3, 0.4) is 0 Å². The lowest BCUT2D eigenvalue weighted by Crippen LogP contribution is -2.22. The molecule has 1 aromatic heterocycles. The first-order valence-corrected chi connectivity index (χ1v) is 8.96. The van der Waals surface area contributed by atoms with Crippen LogP contribution in [0.2, 0.25) is 10.0 Å². The Labute approximate surface area is 149 Å². The van der Waals surface area contributed by atoms with Crippen molar-refractivity contribution in [3.63, 3.8) is 0 Å². The maximum Gasteiger partial charge on any atom is 0.337 e. The standard InChI is InChI=1S/C14H15Cl2N3O4S/c1-14(2,3)19-7-8(6-17-19)18-24(22,23)9-4-10(13(20)21)12(16)11(15)5-9/h4-7,18H,1-3H3,(H,20,21). The van der Waals surface area contributed by atoms with Crippen LogP contribution in [-0.2, 0) is 15.6 Å². The highest BCUT2D eigenvalue weighted by Crippen LogP contribution is 2.30. The van der Waals surface area contributed by atoms with E-state index in [9.17, 15) is 13.2 Å². The molecule has 2 aromatic rings. The minimum absolute atomic E-state index is 0.165. The monoisotopic (exact) mass is 391 g/mol. The third-order valence-electron chi connectivity index (χ3n) is 3.06. The number of hydrogen-bond donors (Lipinski definition) is 2. The lowest BCUT2D eigenvalue weighted by Gasteiger charge is -2.18. The van der Waals surface area contributed by atoms with Crippen molar-refractivity contribution in [2.75, 3.05) is 4.72 Å². The maximum absolute atomic E-state index is 12.5. The van der Waals surface area contributed by atoms with Gasteiger partial charge in [0.05, 0.1) is 37.9 Å². The highest BCUT2D eigenvalue weighted by atomic mass is 35.5. The van der Waals surface area contributed by atoms with E-state index in [0.29, 0.717) is 0 Å². The summed E-state index contributed by atoms with van der Waals surface area (Å²) in [6.07, 6.45) is 2.89. The second-order valence-corrected chi connectivity index (χ2v) is 8.49. The van der Waals surface area contributed by atoms with E-state index in [1.165, 1.54) is 12.4 Å². The van der Waals surface area contributed by atoms with Gasteiger partial charge in [0, 0.05) is 6.20 Å². The molecule has 0 aliphatic heterocycles. The number of halogens is 2. The van der Waals surface area contributed by atoms with Crippen LogP contribution < -0.4 is 4.72 Å². The van der Waals surface area contributed by atoms with Gasteiger partial charge in [-0.1, -0.05) is 23.2 Å². The summed E-state index contributed by atoms with van der Waals surface area (Å²) < 4.78 is 28.8. The van der Waals surface area contributed by atoms with Crippen molar-refractivity contribution in [2.45, 2.75) is 31.2 Å². The number of sulfonamides is 1. The molecule has 0 amide bonds. The Kier molecular flexibility index (Phi) is 4.85. The molecule has 0 radical (unpaired) electrons. The lowest BCUT2D eigenvalue weighted by atomic mass is 10.1. The molecule has 0 saturated heterocycles. The van der Waals surface area contributed by atoms with Gasteiger partial charge < -0.3 is 5.11 Å². The van der Waals surface area contributed by atoms with Crippen LogP contribution in [-0.4, -0.2) is 29.3 Å². The Morgan fingerprint density at radius 2 is 1.92 bits per heavy atom. The predicted molar refractivity (Wildman–Crippen MR) is 91.5 cm³/mol. The zero-order valence-electron chi connectivity index (χ0n) is 13.0. The summed E-state index contributed by atoms with van der Waals surface area (Å²) in [5.41, 5.74) is -0.466. The molecular weight excluding hydrogens is 377 g/mol. The number of aromatic nitrogens is 2. The fourth-order valence-corrected chi connectivity index (χ4v) is 3.38. The van der Waals surface area contributed by atoms with Crippen molar-refractivity contribution in [1.29, 1.82) is 0 Å². The molecule has 1 heterocycles. The van der Waals surface area contributed by atoms with Crippen molar-refractivity contribution < 1.29 is 18.3 Å². The first-order chi connectivity index (χ1) is 10.9. The molecule has 0 spiro atoms. The number of carboxylic acids is 1. The van der Waals surface area contributed by atoms with E-state index in [1.54, 1.807) is 4.68 Å². The molecule has 0 aliphatic rings. The fourth-order valence-electron chi connectivity index (χ4n) is 1.83. The second kappa shape index (κ2) is 6.27. The first kappa shape index (κ1) is 18.6. The summed E-state index contributed by atoms with van der Waals surface area (Å²) in [4.78, 5) is 10.8. The van der Waals surface area contributed by atoms with Crippen molar-refractivity contribution in [3.8, 4) is 0 Å². The molecule has 24 heavy (non-hydrogen) atoms. The smallest absolute Gasteiger partial charge is 0.337 e. The van der Waals surface area contributed by atoms with E-state index in [-0.39, 0.29) is 26.2 Å². The number of nitrogens with zero attached hydrogens (tertiary/aromatic N) is 2. The largest absolute Gasteiger partial charge is 0.478 e. The highest BCUT2D eigenvalue weighted by molar-refractivity contribution is 7.92. The number of aromatic carboxylic acids is 1. The van der Waals surface area contributed by atoms with Crippen LogP contribution in [0.25, 0.3) is 0 Å². The number of carboxylic acid groups (broad SMARTS) is 1. The summed E-state index contributed by atoms with van der Waals surface area (Å²) >= 11 is 11.6. The van der Waals surface area contributed by atoms with Gasteiger partial charge in [0.2, 0.25) is 0 Å². The Bertz CT molecular complexity index is 901. The second-order valence-electron chi connectivity index (χ2n) is 6.02. The Morgan fingerprint density at radius 3 is 2.42 bits per heavy atom. The summed E-state index contributed by atoms with van der Waals surface area (Å²) in [7, 11) is -4.05. The van der Waals surface area contributed by atoms with Gasteiger partial charge in [-0.05, 0) is 32.9 Å². The van der Waals surface area contributed by atoms with E-state index >= 15 is 0 Å². The number of nitrogens with one attached hydrogen (secondary N) is 1. The SMILES string of the molecule is CC(C)(C)n1cc(NS(=O)(=O)c2cc(Cl)c(Cl)c(C(=O)O)c2)cn1. The first-order valence-electron chi connectivity index (χ1n) is 6.72. The zero-order chi connectivity index (χ0) is 18.3. The minimum Gasteiger partial charge on any atom is -0.478 e. The molecule has 0 atom stereocenters. The molecule has 7 nitrogen and oxygen atoms in total. The molecule has 0 bridgehead atoms. The van der Waals surface area contributed by atoms with Crippen molar-refractivity contribution in [3.05, 3.63) is 40.1 Å². The van der Waals surface area contributed by atoms with E-state index in [1.807, 2.05) is 20.8 Å². The average Bonchev–Trinajstić information content (AvgIpc) is 2.88. The zero-order valence-corrected chi connectivity index (χ0v) is 15.4. The Balaban J connectivity index is 2.41. The molecule has 130 valence electrons. The van der Waals surface area contributed by atoms with E-state index in [2.05, 4.69) is 9.82 Å². The molecule has 0 unspecified atom stereocenters. The Hall–Kier alpha value is -1.77. The van der Waals surface area contributed by atoms with Crippen LogP contribution >= 0.6 is 23.2 Å². The van der Waals surface area contributed by atoms with E-state index in [4.69, 9.17) is 28.3 Å². The van der Waals surface area contributed by atoms with Crippen molar-refractivity contribution >= 4 is 44.9 Å². The molecule has 2 N–H and O–H groups in total. The Morgan fingerprint density at radius 1 is 1.29 bits per heavy atom. The van der Waals surface area contributed by atoms with Gasteiger partial charge in [-0.2, -0.15) is 5.10 Å². The highest BCUT2D eigenvalue weighted by Gasteiger charge is 2.22. The van der Waals surface area contributed by atoms with Crippen molar-refractivity contribution in [2.24, 2.45) is 0 Å². The number of carbonyl (C=O) groups is 1. The summed E-state index contributed by atoms with van der Waals surface area (Å²) in [5.74, 6) is -1.38. The molecule has 10 heteroatoms. The molecular formula is C14H15Cl2N3O4S. The maximum atomic E-state index is 12.5. The van der Waals surface area contributed by atoms with Crippen LogP contribution in [0, 0.1) is 0 Å². The summed E-state index contributed by atoms with van der Waals surface area (Å²) in [6.45, 7) is 5.74. The topological polar surface area (TPSA) is 101 Å². The lowest BCUT2D eigenvalue weighted by molar-refractivity contribution is 0.0697. The summed E-state index contributed by atoms with van der Waals surface area (Å²) in [5, 5.41) is 12.8. The van der Waals surface area contributed by atoms with Gasteiger partial charge in [-0.25, -0.2) is 13.2 Å². The van der Waals surface area contributed by atoms with Gasteiger partial charge in [0.1, 0.15) is 0 Å². The van der Waals surface area contributed by atoms with Gasteiger partial charge >= 0.3 is 5.97 Å². The van der Waals surface area contributed by atoms with Crippen LogP contribution in [0.15, 0.2) is 29.4 Å². The normalized spacial score (nSPS) is 12.2. The third kappa shape index (κ3) is 3.82. The van der Waals surface area contributed by atoms with Crippen LogP contribution in [0.4, 0.5) is 5.69 Å². The minimum atomic E-state index is -4.05. The molecule has 0 saturated carbocycles. The summed E-state index contributed by atoms with van der Waals surface area (Å²) in [6, 6.07) is 2.04. The fraction of sp³-hybridized carbons (Fsp3) is 0.286. The number of hydrogen-bond acceptors (Lipinski definition) is 4. The predicted octanol–water partition coefficient (Wildman–Crippen LogP) is 3.44. The van der Waals surface area contributed by atoms with Gasteiger partial charge in [-0.15, -0.1) is 0 Å². The molecule has 0 fully saturated rings. The van der Waals surface area contributed by atoms with Gasteiger partial charge in [0.15, 0.2) is 0 Å². The molecule has 2 rings (SSSR count).